The molecular weight excluding hydrogens is 631 g/mol. The van der Waals surface area contributed by atoms with E-state index >= 15 is 0 Å². The molecule has 3 unspecified atom stereocenters. The number of allylic oxidation sites excluding steroid dienone is 9. The van der Waals surface area contributed by atoms with Gasteiger partial charge in [0.1, 0.15) is 17.2 Å². The van der Waals surface area contributed by atoms with Gasteiger partial charge in [-0.15, -0.1) is 0 Å². The maximum atomic E-state index is 9.62. The fourth-order valence-corrected chi connectivity index (χ4v) is 10.0. The molecule has 0 radical (unpaired) electrons. The van der Waals surface area contributed by atoms with Crippen molar-refractivity contribution in [2.45, 2.75) is 75.0 Å². The molecule has 0 N–H and O–H groups in total. The van der Waals surface area contributed by atoms with Gasteiger partial charge in [0.05, 0.1) is 28.3 Å². The summed E-state index contributed by atoms with van der Waals surface area (Å²) in [5.74, 6) is 2.23. The van der Waals surface area contributed by atoms with Crippen LogP contribution in [0.1, 0.15) is 81.4 Å². The fourth-order valence-electron chi connectivity index (χ4n) is 8.46. The molecule has 5 aromatic rings. The Morgan fingerprint density at radius 1 is 0.900 bits per heavy atom. The Hall–Kier alpha value is -4.92. The van der Waals surface area contributed by atoms with E-state index in [9.17, 15) is 5.26 Å². The van der Waals surface area contributed by atoms with Crippen LogP contribution < -0.4 is 0 Å². The van der Waals surface area contributed by atoms with Gasteiger partial charge < -0.3 is 4.42 Å². The molecule has 0 amide bonds. The number of fused-ring (bicyclic) bond motifs is 5. The van der Waals surface area contributed by atoms with Crippen molar-refractivity contribution in [1.82, 2.24) is 9.97 Å². The molecule has 5 heteroatoms. The van der Waals surface area contributed by atoms with Gasteiger partial charge in [0.25, 0.3) is 0 Å². The van der Waals surface area contributed by atoms with E-state index in [2.05, 4.69) is 126 Å². The Morgan fingerprint density at radius 3 is 2.48 bits per heavy atom. The molecule has 0 spiro atoms. The van der Waals surface area contributed by atoms with Gasteiger partial charge in [-0.05, 0) is 83.2 Å². The van der Waals surface area contributed by atoms with E-state index in [1.807, 2.05) is 30.0 Å². The molecule has 4 aliphatic rings. The first-order chi connectivity index (χ1) is 24.1. The summed E-state index contributed by atoms with van der Waals surface area (Å²) in [7, 11) is 0. The second-order valence-corrected chi connectivity index (χ2v) is 16.6. The molecule has 9 rings (SSSR count). The van der Waals surface area contributed by atoms with Crippen LogP contribution in [0.5, 0.6) is 0 Å². The van der Waals surface area contributed by atoms with Crippen LogP contribution >= 0.6 is 11.8 Å². The number of aromatic nitrogens is 2. The molecule has 3 heterocycles. The zero-order valence-electron chi connectivity index (χ0n) is 29.2. The Morgan fingerprint density at radius 2 is 1.68 bits per heavy atom. The van der Waals surface area contributed by atoms with E-state index in [1.54, 1.807) is 0 Å². The van der Waals surface area contributed by atoms with Crippen molar-refractivity contribution < 1.29 is 4.42 Å². The molecule has 0 fully saturated rings. The number of nitriles is 1. The summed E-state index contributed by atoms with van der Waals surface area (Å²) >= 11 is 1.89. The molecule has 3 aliphatic carbocycles. The highest BCUT2D eigenvalue weighted by atomic mass is 32.2. The molecule has 0 saturated carbocycles. The summed E-state index contributed by atoms with van der Waals surface area (Å²) < 4.78 is 6.36. The molecule has 3 aromatic carbocycles. The maximum absolute atomic E-state index is 9.62. The Bertz CT molecular complexity index is 2480. The first-order valence-electron chi connectivity index (χ1n) is 17.6. The predicted octanol–water partition coefficient (Wildman–Crippen LogP) is 11.2. The number of rotatable bonds is 3. The van der Waals surface area contributed by atoms with Gasteiger partial charge in [0, 0.05) is 38.5 Å². The van der Waals surface area contributed by atoms with Gasteiger partial charge in [-0.3, -0.25) is 0 Å². The molecule has 4 nitrogen and oxygen atoms in total. The third-order valence-electron chi connectivity index (χ3n) is 11.5. The van der Waals surface area contributed by atoms with Gasteiger partial charge in [-0.1, -0.05) is 112 Å². The second kappa shape index (κ2) is 11.0. The van der Waals surface area contributed by atoms with Gasteiger partial charge in [-0.2, -0.15) is 5.26 Å². The molecule has 246 valence electrons. The molecule has 0 bridgehead atoms. The number of thioether (sulfide) groups is 1. The molecule has 2 aromatic heterocycles. The fraction of sp³-hybridized carbons (Fsp3) is 0.267. The van der Waals surface area contributed by atoms with Crippen LogP contribution in [0.15, 0.2) is 128 Å². The number of benzene rings is 3. The van der Waals surface area contributed by atoms with Gasteiger partial charge >= 0.3 is 0 Å². The Balaban J connectivity index is 1.06. The van der Waals surface area contributed by atoms with Crippen molar-refractivity contribution in [3.05, 3.63) is 153 Å². The monoisotopic (exact) mass is 669 g/mol. The van der Waals surface area contributed by atoms with Gasteiger partial charge in [0.15, 0.2) is 0 Å². The van der Waals surface area contributed by atoms with Gasteiger partial charge in [0.2, 0.25) is 0 Å². The van der Waals surface area contributed by atoms with Crippen LogP contribution in [0.2, 0.25) is 0 Å². The van der Waals surface area contributed by atoms with Crippen LogP contribution in [-0.4, -0.2) is 9.97 Å². The summed E-state index contributed by atoms with van der Waals surface area (Å²) in [6.07, 6.45) is 16.7. The number of hydrogen-bond donors (Lipinski definition) is 0. The normalized spacial score (nSPS) is 25.1. The van der Waals surface area contributed by atoms with Crippen LogP contribution in [0.3, 0.4) is 0 Å². The number of furan rings is 1. The minimum Gasteiger partial charge on any atom is -0.460 e. The number of nitrogens with zero attached hydrogens (tertiary/aromatic N) is 3. The summed E-state index contributed by atoms with van der Waals surface area (Å²) in [6, 6.07) is 25.2. The van der Waals surface area contributed by atoms with Crippen molar-refractivity contribution in [2.24, 2.45) is 5.92 Å². The lowest BCUT2D eigenvalue weighted by molar-refractivity contribution is 0.456. The number of para-hydroxylation sites is 2. The zero-order chi connectivity index (χ0) is 34.4. The maximum Gasteiger partial charge on any atom is 0.139 e. The standard InChI is InChI=1S/C45H39N3OS/c1-27-22-40-35(43(2,3)34-23-28(26-46)14-15-39(34)50-40)24-33(27)29-16-19-44(4,20-17-29)41-32-11-6-8-12-36(32)47-42(48-41)45(5)21-18-31-30-10-7-9-13-37(30)49-38(31)25-45/h6-19,21,23-24,27H,20,22,25H2,1-5H3. The van der Waals surface area contributed by atoms with Crippen LogP contribution in [-0.2, 0) is 22.7 Å². The third kappa shape index (κ3) is 4.72. The average Bonchev–Trinajstić information content (AvgIpc) is 3.48. The highest BCUT2D eigenvalue weighted by Gasteiger charge is 2.40. The number of hydrogen-bond acceptors (Lipinski definition) is 5. The lowest BCUT2D eigenvalue weighted by Gasteiger charge is -2.40. The molecule has 1 aliphatic heterocycles. The second-order valence-electron chi connectivity index (χ2n) is 15.5. The van der Waals surface area contributed by atoms with E-state index in [4.69, 9.17) is 14.4 Å². The van der Waals surface area contributed by atoms with E-state index in [1.165, 1.54) is 37.6 Å². The summed E-state index contributed by atoms with van der Waals surface area (Å²) in [6.45, 7) is 11.5. The van der Waals surface area contributed by atoms with Crippen molar-refractivity contribution in [3.63, 3.8) is 0 Å². The van der Waals surface area contributed by atoms with E-state index in [-0.39, 0.29) is 10.8 Å². The summed E-state index contributed by atoms with van der Waals surface area (Å²) in [5.41, 5.74) is 9.31. The minimum atomic E-state index is -0.402. The largest absolute Gasteiger partial charge is 0.460 e. The lowest BCUT2D eigenvalue weighted by Crippen LogP contribution is -2.31. The zero-order valence-corrected chi connectivity index (χ0v) is 30.0. The van der Waals surface area contributed by atoms with Crippen molar-refractivity contribution >= 4 is 39.7 Å². The third-order valence-corrected chi connectivity index (χ3v) is 12.7. The first-order valence-corrected chi connectivity index (χ1v) is 18.4. The molecular formula is C45H39N3OS. The average molecular weight is 670 g/mol. The van der Waals surface area contributed by atoms with E-state index < -0.39 is 5.41 Å². The van der Waals surface area contributed by atoms with Gasteiger partial charge in [-0.25, -0.2) is 9.97 Å². The van der Waals surface area contributed by atoms with Crippen LogP contribution in [0.4, 0.5) is 0 Å². The molecule has 3 atom stereocenters. The highest BCUT2D eigenvalue weighted by molar-refractivity contribution is 8.03. The quantitative estimate of drug-likeness (QED) is 0.191. The minimum absolute atomic E-state index is 0.176. The topological polar surface area (TPSA) is 62.7 Å². The van der Waals surface area contributed by atoms with E-state index in [0.29, 0.717) is 12.3 Å². The van der Waals surface area contributed by atoms with E-state index in [0.717, 1.165) is 57.6 Å². The summed E-state index contributed by atoms with van der Waals surface area (Å²) in [5, 5.41) is 11.9. The van der Waals surface area contributed by atoms with Crippen LogP contribution in [0.25, 0.3) is 27.9 Å². The lowest BCUT2D eigenvalue weighted by atomic mass is 9.70. The molecule has 0 saturated heterocycles. The molecule has 50 heavy (non-hydrogen) atoms. The Labute approximate surface area is 298 Å². The van der Waals surface area contributed by atoms with Crippen LogP contribution in [0, 0.1) is 17.2 Å². The van der Waals surface area contributed by atoms with Crippen molar-refractivity contribution in [1.29, 1.82) is 5.26 Å². The smallest absolute Gasteiger partial charge is 0.139 e. The predicted molar refractivity (Wildman–Crippen MR) is 204 cm³/mol. The SMILES string of the molecule is CC1CC2=C(C=C1C1=CCC(C)(c3nc(C4(C)C=Cc5c(oc6ccccc56)C4)nc4ccccc34)C=C1)C(C)(C)c1cc(C#N)ccc1S2. The summed E-state index contributed by atoms with van der Waals surface area (Å²) in [4.78, 5) is 13.4. The van der Waals surface area contributed by atoms with Crippen molar-refractivity contribution in [2.75, 3.05) is 0 Å². The first kappa shape index (κ1) is 31.1. The highest BCUT2D eigenvalue weighted by Crippen LogP contribution is 2.54. The van der Waals surface area contributed by atoms with Crippen molar-refractivity contribution in [3.8, 4) is 6.07 Å². The Kier molecular flexibility index (Phi) is 6.86.